The van der Waals surface area contributed by atoms with Gasteiger partial charge in [0.05, 0.1) is 5.69 Å². The number of nitrogens with two attached hydrogens (primary N) is 1. The van der Waals surface area contributed by atoms with Crippen LogP contribution in [0.2, 0.25) is 0 Å². The Morgan fingerprint density at radius 2 is 2.00 bits per heavy atom. The van der Waals surface area contributed by atoms with Gasteiger partial charge in [0, 0.05) is 23.5 Å². The van der Waals surface area contributed by atoms with Crippen molar-refractivity contribution in [3.8, 4) is 11.3 Å². The molecule has 0 saturated carbocycles. The van der Waals surface area contributed by atoms with E-state index in [9.17, 15) is 0 Å². The molecule has 0 aliphatic rings. The van der Waals surface area contributed by atoms with Crippen LogP contribution in [0, 0.1) is 6.92 Å². The fourth-order valence-corrected chi connectivity index (χ4v) is 1.91. The van der Waals surface area contributed by atoms with Crippen molar-refractivity contribution in [1.29, 1.82) is 0 Å². The number of aryl methyl sites for hydroxylation is 1. The van der Waals surface area contributed by atoms with Crippen LogP contribution in [0.25, 0.3) is 11.3 Å². The predicted molar refractivity (Wildman–Crippen MR) is 67.2 cm³/mol. The third kappa shape index (κ3) is 1.81. The van der Waals surface area contributed by atoms with E-state index in [-0.39, 0.29) is 0 Å². The van der Waals surface area contributed by atoms with Gasteiger partial charge in [0.25, 0.3) is 0 Å². The van der Waals surface area contributed by atoms with Crippen LogP contribution in [0.15, 0.2) is 30.5 Å². The van der Waals surface area contributed by atoms with Gasteiger partial charge in [-0.05, 0) is 44.5 Å². The van der Waals surface area contributed by atoms with Crippen LogP contribution < -0.4 is 5.73 Å². The lowest BCUT2D eigenvalue weighted by molar-refractivity contribution is 0.538. The Labute approximate surface area is 95.9 Å². The van der Waals surface area contributed by atoms with E-state index < -0.39 is 0 Å². The van der Waals surface area contributed by atoms with E-state index in [1.54, 1.807) is 0 Å². The van der Waals surface area contributed by atoms with Gasteiger partial charge in [0.2, 0.25) is 0 Å². The van der Waals surface area contributed by atoms with Gasteiger partial charge >= 0.3 is 0 Å². The molecule has 1 heterocycles. The fourth-order valence-electron chi connectivity index (χ4n) is 1.91. The average Bonchev–Trinajstić information content (AvgIpc) is 2.66. The number of anilines is 1. The lowest BCUT2D eigenvalue weighted by atomic mass is 10.0. The van der Waals surface area contributed by atoms with Gasteiger partial charge in [0.1, 0.15) is 0 Å². The Morgan fingerprint density at radius 1 is 1.25 bits per heavy atom. The van der Waals surface area contributed by atoms with Crippen LogP contribution in [0.4, 0.5) is 5.69 Å². The molecule has 0 unspecified atom stereocenters. The minimum atomic E-state index is 0.363. The van der Waals surface area contributed by atoms with Gasteiger partial charge in [-0.2, -0.15) is 5.10 Å². The molecular formula is C13H17N3. The van der Waals surface area contributed by atoms with Crippen molar-refractivity contribution in [2.45, 2.75) is 26.8 Å². The molecule has 0 saturated heterocycles. The first-order chi connectivity index (χ1) is 7.59. The normalized spacial score (nSPS) is 11.0. The van der Waals surface area contributed by atoms with Crippen molar-refractivity contribution in [2.24, 2.45) is 0 Å². The molecule has 0 aliphatic heterocycles. The number of hydrogen-bond donors (Lipinski definition) is 1. The zero-order chi connectivity index (χ0) is 11.7. The summed E-state index contributed by atoms with van der Waals surface area (Å²) in [6.07, 6.45) is 1.84. The Hall–Kier alpha value is -1.77. The molecule has 0 aliphatic carbocycles. The largest absolute Gasteiger partial charge is 0.399 e. The Morgan fingerprint density at radius 3 is 2.62 bits per heavy atom. The van der Waals surface area contributed by atoms with Crippen molar-refractivity contribution in [1.82, 2.24) is 9.78 Å². The molecule has 0 bridgehead atoms. The summed E-state index contributed by atoms with van der Waals surface area (Å²) in [5.74, 6) is 0. The van der Waals surface area contributed by atoms with E-state index in [1.807, 2.05) is 29.1 Å². The first-order valence-corrected chi connectivity index (χ1v) is 5.49. The molecule has 1 aromatic carbocycles. The van der Waals surface area contributed by atoms with Crippen molar-refractivity contribution < 1.29 is 0 Å². The van der Waals surface area contributed by atoms with Crippen LogP contribution in [0.1, 0.15) is 25.5 Å². The first kappa shape index (κ1) is 10.7. The smallest absolute Gasteiger partial charge is 0.0687 e. The van der Waals surface area contributed by atoms with Crippen molar-refractivity contribution in [3.05, 3.63) is 36.0 Å². The van der Waals surface area contributed by atoms with Crippen molar-refractivity contribution >= 4 is 5.69 Å². The average molecular weight is 215 g/mol. The third-order valence-electron chi connectivity index (χ3n) is 2.69. The van der Waals surface area contributed by atoms with E-state index in [4.69, 9.17) is 5.73 Å². The van der Waals surface area contributed by atoms with Gasteiger partial charge in [-0.15, -0.1) is 0 Å². The van der Waals surface area contributed by atoms with Gasteiger partial charge in [-0.25, -0.2) is 0 Å². The molecular weight excluding hydrogens is 198 g/mol. The van der Waals surface area contributed by atoms with E-state index in [2.05, 4.69) is 31.9 Å². The molecule has 2 rings (SSSR count). The quantitative estimate of drug-likeness (QED) is 0.782. The summed E-state index contributed by atoms with van der Waals surface area (Å²) in [4.78, 5) is 0. The molecule has 0 fully saturated rings. The van der Waals surface area contributed by atoms with Crippen LogP contribution in [-0.4, -0.2) is 9.78 Å². The standard InChI is InChI=1S/C13H17N3/c1-9(2)16-13(6-7-15-16)12-5-4-11(14)8-10(12)3/h4-9H,14H2,1-3H3. The molecule has 0 amide bonds. The zero-order valence-electron chi connectivity index (χ0n) is 9.94. The maximum absolute atomic E-state index is 5.76. The highest BCUT2D eigenvalue weighted by molar-refractivity contribution is 5.66. The molecule has 16 heavy (non-hydrogen) atoms. The van der Waals surface area contributed by atoms with Gasteiger partial charge in [-0.3, -0.25) is 4.68 Å². The van der Waals surface area contributed by atoms with E-state index in [0.717, 1.165) is 11.4 Å². The second-order valence-electron chi connectivity index (χ2n) is 4.33. The maximum atomic E-state index is 5.76. The lowest BCUT2D eigenvalue weighted by Crippen LogP contribution is -2.05. The monoisotopic (exact) mass is 215 g/mol. The lowest BCUT2D eigenvalue weighted by Gasteiger charge is -2.13. The molecule has 84 valence electrons. The summed E-state index contributed by atoms with van der Waals surface area (Å²) < 4.78 is 2.03. The first-order valence-electron chi connectivity index (χ1n) is 5.49. The van der Waals surface area contributed by atoms with E-state index in [1.165, 1.54) is 11.1 Å². The molecule has 0 spiro atoms. The molecule has 3 nitrogen and oxygen atoms in total. The summed E-state index contributed by atoms with van der Waals surface area (Å²) in [5, 5.41) is 4.34. The summed E-state index contributed by atoms with van der Waals surface area (Å²) in [6, 6.07) is 8.38. The SMILES string of the molecule is Cc1cc(N)ccc1-c1ccnn1C(C)C. The second kappa shape index (κ2) is 4.00. The van der Waals surface area contributed by atoms with Crippen molar-refractivity contribution in [3.63, 3.8) is 0 Å². The Kier molecular flexibility index (Phi) is 2.69. The summed E-state index contributed by atoms with van der Waals surface area (Å²) in [7, 11) is 0. The Bertz CT molecular complexity index is 498. The van der Waals surface area contributed by atoms with Crippen LogP contribution in [0.3, 0.4) is 0 Å². The number of aromatic nitrogens is 2. The molecule has 0 radical (unpaired) electrons. The van der Waals surface area contributed by atoms with Crippen LogP contribution in [0.5, 0.6) is 0 Å². The highest BCUT2D eigenvalue weighted by atomic mass is 15.3. The van der Waals surface area contributed by atoms with E-state index >= 15 is 0 Å². The second-order valence-corrected chi connectivity index (χ2v) is 4.33. The number of hydrogen-bond acceptors (Lipinski definition) is 2. The topological polar surface area (TPSA) is 43.8 Å². The number of rotatable bonds is 2. The predicted octanol–water partition coefficient (Wildman–Crippen LogP) is 3.02. The fraction of sp³-hybridized carbons (Fsp3) is 0.308. The summed E-state index contributed by atoms with van der Waals surface area (Å²) >= 11 is 0. The molecule has 2 aromatic rings. The minimum Gasteiger partial charge on any atom is -0.399 e. The third-order valence-corrected chi connectivity index (χ3v) is 2.69. The number of nitrogens with zero attached hydrogens (tertiary/aromatic N) is 2. The highest BCUT2D eigenvalue weighted by Gasteiger charge is 2.10. The zero-order valence-corrected chi connectivity index (χ0v) is 9.94. The molecule has 0 atom stereocenters. The van der Waals surface area contributed by atoms with Gasteiger partial charge in [-0.1, -0.05) is 6.07 Å². The molecule has 1 aromatic heterocycles. The van der Waals surface area contributed by atoms with E-state index in [0.29, 0.717) is 6.04 Å². The van der Waals surface area contributed by atoms with Crippen LogP contribution in [-0.2, 0) is 0 Å². The highest BCUT2D eigenvalue weighted by Crippen LogP contribution is 2.26. The summed E-state index contributed by atoms with van der Waals surface area (Å²) in [5.41, 5.74) is 10.1. The maximum Gasteiger partial charge on any atom is 0.0687 e. The molecule has 2 N–H and O–H groups in total. The van der Waals surface area contributed by atoms with Crippen molar-refractivity contribution in [2.75, 3.05) is 5.73 Å². The number of benzene rings is 1. The van der Waals surface area contributed by atoms with Crippen LogP contribution >= 0.6 is 0 Å². The minimum absolute atomic E-state index is 0.363. The number of nitrogen functional groups attached to an aromatic ring is 1. The van der Waals surface area contributed by atoms with Gasteiger partial charge in [0.15, 0.2) is 0 Å². The molecule has 3 heteroatoms. The Balaban J connectivity index is 2.54. The van der Waals surface area contributed by atoms with Gasteiger partial charge < -0.3 is 5.73 Å². The summed E-state index contributed by atoms with van der Waals surface area (Å²) in [6.45, 7) is 6.33.